The Kier molecular flexibility index (Phi) is 6.20. The van der Waals surface area contributed by atoms with Crippen LogP contribution in [0.15, 0.2) is 34.0 Å². The van der Waals surface area contributed by atoms with Gasteiger partial charge < -0.3 is 9.80 Å². The van der Waals surface area contributed by atoms with Crippen molar-refractivity contribution < 1.29 is 14.0 Å². The highest BCUT2D eigenvalue weighted by Gasteiger charge is 2.38. The molecule has 154 valence electrons. The largest absolute Gasteiger partial charge is 0.342 e. The van der Waals surface area contributed by atoms with Gasteiger partial charge >= 0.3 is 0 Å². The predicted octanol–water partition coefficient (Wildman–Crippen LogP) is 3.97. The van der Waals surface area contributed by atoms with Gasteiger partial charge in [0.25, 0.3) is 0 Å². The number of thiazole rings is 1. The van der Waals surface area contributed by atoms with Crippen molar-refractivity contribution in [3.05, 3.63) is 41.2 Å². The van der Waals surface area contributed by atoms with Crippen molar-refractivity contribution in [1.29, 1.82) is 0 Å². The minimum Gasteiger partial charge on any atom is -0.342 e. The number of benzene rings is 1. The summed E-state index contributed by atoms with van der Waals surface area (Å²) in [5.41, 5.74) is 1.72. The van der Waals surface area contributed by atoms with Crippen molar-refractivity contribution >= 4 is 40.6 Å². The number of hydrogen-bond acceptors (Lipinski definition) is 5. The van der Waals surface area contributed by atoms with E-state index in [4.69, 9.17) is 0 Å². The number of aromatic nitrogens is 1. The van der Waals surface area contributed by atoms with Crippen LogP contribution in [0.4, 0.5) is 10.1 Å². The Hall–Kier alpha value is -1.93. The van der Waals surface area contributed by atoms with Gasteiger partial charge in [0.05, 0.1) is 5.92 Å². The van der Waals surface area contributed by atoms with Crippen LogP contribution in [0, 0.1) is 24.6 Å². The number of anilines is 1. The number of amides is 2. The topological polar surface area (TPSA) is 53.5 Å². The van der Waals surface area contributed by atoms with Crippen LogP contribution >= 0.6 is 23.1 Å². The van der Waals surface area contributed by atoms with Crippen molar-refractivity contribution in [1.82, 2.24) is 9.88 Å². The van der Waals surface area contributed by atoms with Crippen molar-refractivity contribution in [3.63, 3.8) is 0 Å². The second kappa shape index (κ2) is 8.83. The van der Waals surface area contributed by atoms with Gasteiger partial charge in [0, 0.05) is 48.6 Å². The Morgan fingerprint density at radius 1 is 1.28 bits per heavy atom. The number of nitrogens with zero attached hydrogens (tertiary/aromatic N) is 3. The molecule has 0 unspecified atom stereocenters. The number of carbonyl (C=O) groups excluding carboxylic acids is 2. The summed E-state index contributed by atoms with van der Waals surface area (Å²) in [7, 11) is 0. The maximum Gasteiger partial charge on any atom is 0.228 e. The summed E-state index contributed by atoms with van der Waals surface area (Å²) in [6.45, 7) is 3.89. The first-order valence-electron chi connectivity index (χ1n) is 9.89. The maximum atomic E-state index is 13.1. The predicted molar refractivity (Wildman–Crippen MR) is 114 cm³/mol. The number of halogens is 1. The lowest BCUT2D eigenvalue weighted by Gasteiger charge is -2.33. The quantitative estimate of drug-likeness (QED) is 0.670. The van der Waals surface area contributed by atoms with Crippen molar-refractivity contribution in [2.24, 2.45) is 11.8 Å². The minimum atomic E-state index is -0.334. The van der Waals surface area contributed by atoms with Crippen LogP contribution < -0.4 is 4.90 Å². The van der Waals surface area contributed by atoms with Crippen LogP contribution in [0.3, 0.4) is 0 Å². The summed E-state index contributed by atoms with van der Waals surface area (Å²) in [4.78, 5) is 33.3. The van der Waals surface area contributed by atoms with Gasteiger partial charge in [-0.2, -0.15) is 0 Å². The molecule has 3 heterocycles. The first-order chi connectivity index (χ1) is 14.0. The molecule has 0 saturated carbocycles. The zero-order chi connectivity index (χ0) is 20.4. The zero-order valence-electron chi connectivity index (χ0n) is 16.3. The van der Waals surface area contributed by atoms with Crippen LogP contribution in [-0.4, -0.2) is 47.1 Å². The molecule has 2 aliphatic heterocycles. The summed E-state index contributed by atoms with van der Waals surface area (Å²) in [6.07, 6.45) is 2.21. The number of piperidine rings is 1. The van der Waals surface area contributed by atoms with E-state index in [1.54, 1.807) is 28.4 Å². The molecule has 0 bridgehead atoms. The molecule has 0 radical (unpaired) electrons. The lowest BCUT2D eigenvalue weighted by Crippen LogP contribution is -2.42. The van der Waals surface area contributed by atoms with E-state index < -0.39 is 0 Å². The fourth-order valence-corrected chi connectivity index (χ4v) is 5.97. The fourth-order valence-electron chi connectivity index (χ4n) is 3.91. The zero-order valence-corrected chi connectivity index (χ0v) is 18.0. The van der Waals surface area contributed by atoms with E-state index in [1.165, 1.54) is 12.1 Å². The van der Waals surface area contributed by atoms with E-state index >= 15 is 0 Å². The standard InChI is InChI=1S/C21H24FN3O2S2/c1-14-12-28-21(23-14)29-13-15-6-8-24(9-7-15)20(27)16-10-19(26)25(11-16)18-4-2-17(22)3-5-18/h2-5,12,15-16H,6-11,13H2,1H3/t16-/m0/s1. The molecular formula is C21H24FN3O2S2. The monoisotopic (exact) mass is 433 g/mol. The summed E-state index contributed by atoms with van der Waals surface area (Å²) >= 11 is 3.50. The molecule has 0 spiro atoms. The van der Waals surface area contributed by atoms with Crippen molar-refractivity contribution in [2.45, 2.75) is 30.5 Å². The molecule has 29 heavy (non-hydrogen) atoms. The molecule has 1 aromatic heterocycles. The molecule has 1 atom stereocenters. The number of hydrogen-bond donors (Lipinski definition) is 0. The number of rotatable bonds is 5. The third-order valence-corrected chi connectivity index (χ3v) is 7.95. The molecule has 2 fully saturated rings. The minimum absolute atomic E-state index is 0.0695. The van der Waals surface area contributed by atoms with Crippen molar-refractivity contribution in [2.75, 3.05) is 30.3 Å². The van der Waals surface area contributed by atoms with Crippen molar-refractivity contribution in [3.8, 4) is 0 Å². The van der Waals surface area contributed by atoms with E-state index in [1.807, 2.05) is 23.6 Å². The van der Waals surface area contributed by atoms with E-state index in [9.17, 15) is 14.0 Å². The highest BCUT2D eigenvalue weighted by Crippen LogP contribution is 2.31. The molecule has 2 amide bonds. The van der Waals surface area contributed by atoms with Gasteiger partial charge in [0.15, 0.2) is 0 Å². The molecule has 4 rings (SSSR count). The first kappa shape index (κ1) is 20.3. The molecule has 0 N–H and O–H groups in total. The van der Waals surface area contributed by atoms with E-state index in [0.29, 0.717) is 18.2 Å². The summed E-state index contributed by atoms with van der Waals surface area (Å²) in [5, 5.41) is 2.07. The van der Waals surface area contributed by atoms with Crippen LogP contribution in [0.2, 0.25) is 0 Å². The number of thioether (sulfide) groups is 1. The van der Waals surface area contributed by atoms with Gasteiger partial charge in [0.1, 0.15) is 10.2 Å². The highest BCUT2D eigenvalue weighted by molar-refractivity contribution is 8.01. The van der Waals surface area contributed by atoms with Gasteiger partial charge in [-0.1, -0.05) is 11.8 Å². The van der Waals surface area contributed by atoms with E-state index in [2.05, 4.69) is 10.4 Å². The van der Waals surface area contributed by atoms with Crippen LogP contribution in [-0.2, 0) is 9.59 Å². The summed E-state index contributed by atoms with van der Waals surface area (Å²) in [5.74, 6) is 0.990. The number of likely N-dealkylation sites (tertiary alicyclic amines) is 1. The Morgan fingerprint density at radius 2 is 2.00 bits per heavy atom. The fraction of sp³-hybridized carbons (Fsp3) is 0.476. The SMILES string of the molecule is Cc1csc(SCC2CCN(C(=O)[C@H]3CC(=O)N(c4ccc(F)cc4)C3)CC2)n1. The van der Waals surface area contributed by atoms with Gasteiger partial charge in [-0.05, 0) is 49.9 Å². The van der Waals surface area contributed by atoms with Crippen LogP contribution in [0.1, 0.15) is 25.0 Å². The molecule has 8 heteroatoms. The average molecular weight is 434 g/mol. The van der Waals surface area contributed by atoms with Gasteiger partial charge in [-0.3, -0.25) is 9.59 Å². The normalized spacial score (nSPS) is 20.5. The highest BCUT2D eigenvalue weighted by atomic mass is 32.2. The summed E-state index contributed by atoms with van der Waals surface area (Å²) in [6, 6.07) is 5.86. The lowest BCUT2D eigenvalue weighted by molar-refractivity contribution is -0.137. The third kappa shape index (κ3) is 4.80. The smallest absolute Gasteiger partial charge is 0.228 e. The Morgan fingerprint density at radius 3 is 2.66 bits per heavy atom. The Labute approximate surface area is 178 Å². The molecule has 2 aliphatic rings. The number of aryl methyl sites for hydroxylation is 1. The first-order valence-corrected chi connectivity index (χ1v) is 11.8. The van der Waals surface area contributed by atoms with Gasteiger partial charge in [0.2, 0.25) is 11.8 Å². The second-order valence-corrected chi connectivity index (χ2v) is 9.84. The average Bonchev–Trinajstić information content (AvgIpc) is 3.32. The van der Waals surface area contributed by atoms with Crippen LogP contribution in [0.5, 0.6) is 0 Å². The summed E-state index contributed by atoms with van der Waals surface area (Å²) < 4.78 is 14.3. The molecular weight excluding hydrogens is 409 g/mol. The molecule has 2 aromatic rings. The Balaban J connectivity index is 1.27. The molecule has 5 nitrogen and oxygen atoms in total. The lowest BCUT2D eigenvalue weighted by atomic mass is 9.97. The maximum absolute atomic E-state index is 13.1. The van der Waals surface area contributed by atoms with Gasteiger partial charge in [-0.25, -0.2) is 9.37 Å². The number of carbonyl (C=O) groups is 2. The van der Waals surface area contributed by atoms with E-state index in [-0.39, 0.29) is 30.0 Å². The second-order valence-electron chi connectivity index (χ2n) is 7.72. The van der Waals surface area contributed by atoms with Crippen LogP contribution in [0.25, 0.3) is 0 Å². The molecule has 2 saturated heterocycles. The molecule has 0 aliphatic carbocycles. The van der Waals surface area contributed by atoms with E-state index in [0.717, 1.165) is 41.7 Å². The molecule has 1 aromatic carbocycles. The Bertz CT molecular complexity index is 878. The third-order valence-electron chi connectivity index (χ3n) is 5.58. The van der Waals surface area contributed by atoms with Gasteiger partial charge in [-0.15, -0.1) is 11.3 Å².